The highest BCUT2D eigenvalue weighted by Gasteiger charge is 2.44. The van der Waals surface area contributed by atoms with Crippen molar-refractivity contribution in [2.45, 2.75) is 204 Å². The Bertz CT molecular complexity index is 1330. The maximum atomic E-state index is 13.0. The van der Waals surface area contributed by atoms with E-state index in [2.05, 4.69) is 116 Å². The summed E-state index contributed by atoms with van der Waals surface area (Å²) in [4.78, 5) is 13.0. The van der Waals surface area contributed by atoms with Crippen LogP contribution in [0.2, 0.25) is 0 Å². The van der Waals surface area contributed by atoms with Gasteiger partial charge in [-0.3, -0.25) is 4.79 Å². The van der Waals surface area contributed by atoms with Crippen molar-refractivity contribution in [1.29, 1.82) is 0 Å². The number of unbranched alkanes of at least 4 members (excludes halogenated alkanes) is 12. The average Bonchev–Trinajstić information content (AvgIpc) is 3.27. The first-order chi connectivity index (χ1) is 30.3. The van der Waals surface area contributed by atoms with Crippen LogP contribution in [-0.4, -0.2) is 87.5 Å². The molecule has 0 spiro atoms. The zero-order chi connectivity index (χ0) is 45.1. The minimum atomic E-state index is -1.59. The molecule has 62 heavy (non-hydrogen) atoms. The highest BCUT2D eigenvalue weighted by Crippen LogP contribution is 2.22. The van der Waals surface area contributed by atoms with Gasteiger partial charge < -0.3 is 40.3 Å². The van der Waals surface area contributed by atoms with Crippen LogP contribution in [-0.2, 0) is 14.3 Å². The first-order valence-corrected chi connectivity index (χ1v) is 24.1. The fraction of sp³-hybridized carbons (Fsp3) is 0.642. The van der Waals surface area contributed by atoms with Crippen LogP contribution < -0.4 is 5.32 Å². The maximum Gasteiger partial charge on any atom is 0.220 e. The Morgan fingerprint density at radius 3 is 1.55 bits per heavy atom. The number of hydrogen-bond donors (Lipinski definition) is 6. The first-order valence-electron chi connectivity index (χ1n) is 24.1. The number of carbonyl (C=O) groups excluding carboxylic acids is 1. The summed E-state index contributed by atoms with van der Waals surface area (Å²) in [5, 5.41) is 54.2. The van der Waals surface area contributed by atoms with Gasteiger partial charge in [0.15, 0.2) is 6.29 Å². The van der Waals surface area contributed by atoms with Crippen LogP contribution in [0.3, 0.4) is 0 Å². The van der Waals surface area contributed by atoms with Crippen LogP contribution in [0.15, 0.2) is 109 Å². The Labute approximate surface area is 376 Å². The zero-order valence-corrected chi connectivity index (χ0v) is 38.6. The molecule has 6 N–H and O–H groups in total. The molecule has 352 valence electrons. The van der Waals surface area contributed by atoms with Crippen LogP contribution in [0.1, 0.15) is 162 Å². The third-order valence-electron chi connectivity index (χ3n) is 10.6. The Morgan fingerprint density at radius 2 is 1.02 bits per heavy atom. The van der Waals surface area contributed by atoms with Crippen molar-refractivity contribution >= 4 is 5.91 Å². The zero-order valence-electron chi connectivity index (χ0n) is 38.6. The Balaban J connectivity index is 2.43. The SMILES string of the molecule is CC/C=C\C/C=C\C/C=C\C/C=C\C/C=C\C/C=C\CCCCC(=O)NC(COC1OC(CO)C(O)C(O)C1O)C(O)/C=C/CC/C=C/CC/C=C/CCCCCCCCCC. The third kappa shape index (κ3) is 31.7. The first kappa shape index (κ1) is 56.9. The lowest BCUT2D eigenvalue weighted by molar-refractivity contribution is -0.302. The second-order valence-corrected chi connectivity index (χ2v) is 16.1. The molecular formula is C53H87NO8. The van der Waals surface area contributed by atoms with Crippen molar-refractivity contribution < 1.29 is 39.8 Å². The molecule has 1 amide bonds. The molecule has 0 aromatic rings. The van der Waals surface area contributed by atoms with E-state index < -0.39 is 49.5 Å². The van der Waals surface area contributed by atoms with E-state index >= 15 is 0 Å². The molecule has 0 aromatic carbocycles. The predicted octanol–water partition coefficient (Wildman–Crippen LogP) is 10.7. The van der Waals surface area contributed by atoms with Gasteiger partial charge in [-0.25, -0.2) is 0 Å². The van der Waals surface area contributed by atoms with Crippen molar-refractivity contribution in [1.82, 2.24) is 5.32 Å². The third-order valence-corrected chi connectivity index (χ3v) is 10.6. The minimum absolute atomic E-state index is 0.231. The number of nitrogens with one attached hydrogen (secondary N) is 1. The molecule has 0 radical (unpaired) electrons. The number of hydrogen-bond acceptors (Lipinski definition) is 8. The van der Waals surface area contributed by atoms with Crippen LogP contribution in [0.4, 0.5) is 0 Å². The van der Waals surface area contributed by atoms with E-state index in [1.165, 1.54) is 51.4 Å². The molecule has 9 heteroatoms. The second kappa shape index (κ2) is 41.8. The Morgan fingerprint density at radius 1 is 0.565 bits per heavy atom. The number of carbonyl (C=O) groups is 1. The van der Waals surface area contributed by atoms with E-state index in [0.717, 1.165) is 77.0 Å². The number of aliphatic hydroxyl groups is 5. The van der Waals surface area contributed by atoms with Gasteiger partial charge in [0.2, 0.25) is 5.91 Å². The highest BCUT2D eigenvalue weighted by atomic mass is 16.7. The fourth-order valence-corrected chi connectivity index (χ4v) is 6.72. The maximum absolute atomic E-state index is 13.0. The lowest BCUT2D eigenvalue weighted by Crippen LogP contribution is -2.60. The van der Waals surface area contributed by atoms with Gasteiger partial charge in [-0.1, -0.05) is 168 Å². The fourth-order valence-electron chi connectivity index (χ4n) is 6.72. The molecule has 0 aromatic heterocycles. The van der Waals surface area contributed by atoms with Crippen molar-refractivity contribution in [3.05, 3.63) is 109 Å². The molecule has 9 nitrogen and oxygen atoms in total. The number of allylic oxidation sites excluding steroid dienone is 17. The van der Waals surface area contributed by atoms with Gasteiger partial charge in [-0.2, -0.15) is 0 Å². The summed E-state index contributed by atoms with van der Waals surface area (Å²) in [6.45, 7) is 3.59. The Kier molecular flexibility index (Phi) is 38.4. The second-order valence-electron chi connectivity index (χ2n) is 16.1. The molecular weight excluding hydrogens is 779 g/mol. The summed E-state index contributed by atoms with van der Waals surface area (Å²) in [5.41, 5.74) is 0. The molecule has 1 aliphatic heterocycles. The van der Waals surface area contributed by atoms with E-state index in [-0.39, 0.29) is 18.9 Å². The average molecular weight is 866 g/mol. The van der Waals surface area contributed by atoms with Crippen molar-refractivity contribution in [2.75, 3.05) is 13.2 Å². The standard InChI is InChI=1S/C53H87NO8/c1-3-5-7-9-11-13-15-17-19-21-23-24-25-27-29-31-33-35-37-39-41-43-49(57)54-46(45-61-53-52(60)51(59)50(58)48(44-55)62-53)47(56)42-40-38-36-34-32-30-28-26-22-20-18-16-14-12-10-8-6-4-2/h5,7,11,13,17,19,22-24,26-27,29,32-35,40,42,46-48,50-53,55-56,58-60H,3-4,6,8-10,12,14-16,18,20-21,25,28,30-31,36-39,41,43-45H2,1-2H3,(H,54,57)/b7-5-,13-11-,19-17-,24-23-,26-22+,29-27-,34-32+,35-33-,42-40+. The van der Waals surface area contributed by atoms with Gasteiger partial charge in [0.25, 0.3) is 0 Å². The van der Waals surface area contributed by atoms with E-state index in [1.54, 1.807) is 6.08 Å². The lowest BCUT2D eigenvalue weighted by atomic mass is 9.99. The van der Waals surface area contributed by atoms with Gasteiger partial charge >= 0.3 is 0 Å². The summed E-state index contributed by atoms with van der Waals surface area (Å²) in [5.74, 6) is -0.239. The summed E-state index contributed by atoms with van der Waals surface area (Å²) in [7, 11) is 0. The van der Waals surface area contributed by atoms with Crippen LogP contribution in [0.25, 0.3) is 0 Å². The normalized spacial score (nSPS) is 21.3. The molecule has 0 aliphatic carbocycles. The number of aliphatic hydroxyl groups excluding tert-OH is 5. The van der Waals surface area contributed by atoms with Crippen LogP contribution in [0, 0.1) is 0 Å². The monoisotopic (exact) mass is 866 g/mol. The lowest BCUT2D eigenvalue weighted by Gasteiger charge is -2.40. The Hall–Kier alpha value is -3.15. The van der Waals surface area contributed by atoms with Crippen molar-refractivity contribution in [3.63, 3.8) is 0 Å². The number of rotatable bonds is 38. The molecule has 0 bridgehead atoms. The smallest absolute Gasteiger partial charge is 0.220 e. The van der Waals surface area contributed by atoms with Gasteiger partial charge in [0.05, 0.1) is 25.4 Å². The van der Waals surface area contributed by atoms with Crippen LogP contribution >= 0.6 is 0 Å². The molecule has 1 saturated heterocycles. The van der Waals surface area contributed by atoms with Crippen LogP contribution in [0.5, 0.6) is 0 Å². The largest absolute Gasteiger partial charge is 0.394 e. The molecule has 7 unspecified atom stereocenters. The minimum Gasteiger partial charge on any atom is -0.394 e. The number of amides is 1. The summed E-state index contributed by atoms with van der Waals surface area (Å²) in [6, 6.07) is -0.859. The topological polar surface area (TPSA) is 149 Å². The van der Waals surface area contributed by atoms with Gasteiger partial charge in [0.1, 0.15) is 24.4 Å². The molecule has 1 rings (SSSR count). The molecule has 1 aliphatic rings. The molecule has 1 fully saturated rings. The highest BCUT2D eigenvalue weighted by molar-refractivity contribution is 5.76. The summed E-state index contributed by atoms with van der Waals surface area (Å²) >= 11 is 0. The quantitative estimate of drug-likeness (QED) is 0.0265. The molecule has 1 heterocycles. The van der Waals surface area contributed by atoms with Crippen molar-refractivity contribution in [2.24, 2.45) is 0 Å². The summed E-state index contributed by atoms with van der Waals surface area (Å²) in [6.07, 6.45) is 54.2. The van der Waals surface area contributed by atoms with Crippen molar-refractivity contribution in [3.8, 4) is 0 Å². The van der Waals surface area contributed by atoms with E-state index in [1.807, 2.05) is 6.08 Å². The number of ether oxygens (including phenoxy) is 2. The molecule has 0 saturated carbocycles. The van der Waals surface area contributed by atoms with E-state index in [0.29, 0.717) is 12.8 Å². The molecule has 7 atom stereocenters. The van der Waals surface area contributed by atoms with Gasteiger partial charge in [-0.05, 0) is 96.3 Å². The van der Waals surface area contributed by atoms with Gasteiger partial charge in [0, 0.05) is 6.42 Å². The summed E-state index contributed by atoms with van der Waals surface area (Å²) < 4.78 is 11.2. The van der Waals surface area contributed by atoms with E-state index in [9.17, 15) is 30.3 Å². The van der Waals surface area contributed by atoms with Gasteiger partial charge in [-0.15, -0.1) is 0 Å². The predicted molar refractivity (Wildman–Crippen MR) is 257 cm³/mol. The van der Waals surface area contributed by atoms with E-state index in [4.69, 9.17) is 9.47 Å².